The predicted octanol–water partition coefficient (Wildman–Crippen LogP) is 2.64. The Bertz CT molecular complexity index is 524. The van der Waals surface area contributed by atoms with E-state index >= 15 is 0 Å². The topological polar surface area (TPSA) is 59.0 Å². The number of nitrogens with zero attached hydrogens (tertiary/aromatic N) is 1. The third-order valence-electron chi connectivity index (χ3n) is 3.85. The zero-order chi connectivity index (χ0) is 16.3. The van der Waals surface area contributed by atoms with Crippen molar-refractivity contribution in [1.82, 2.24) is 4.90 Å². The van der Waals surface area contributed by atoms with Gasteiger partial charge in [-0.1, -0.05) is 12.1 Å². The van der Waals surface area contributed by atoms with Gasteiger partial charge >= 0.3 is 6.09 Å². The van der Waals surface area contributed by atoms with E-state index in [1.165, 1.54) is 0 Å². The van der Waals surface area contributed by atoms with Gasteiger partial charge in [-0.05, 0) is 38.5 Å². The molecular formula is C17H25NO4. The largest absolute Gasteiger partial charge is 0.497 e. The van der Waals surface area contributed by atoms with Crippen LogP contribution in [0.3, 0.4) is 0 Å². The molecule has 0 saturated carbocycles. The number of aliphatic hydroxyl groups is 1. The Morgan fingerprint density at radius 3 is 2.68 bits per heavy atom. The second kappa shape index (κ2) is 6.57. The van der Waals surface area contributed by atoms with Crippen LogP contribution in [0, 0.1) is 5.92 Å². The van der Waals surface area contributed by atoms with Gasteiger partial charge < -0.3 is 19.5 Å². The third-order valence-corrected chi connectivity index (χ3v) is 3.85. The zero-order valence-corrected chi connectivity index (χ0v) is 13.7. The maximum Gasteiger partial charge on any atom is 0.410 e. The SMILES string of the molecule is COc1cccc([C@@H]2CN(C(=O)OC(C)(C)C)C[C@H]2CO)c1. The summed E-state index contributed by atoms with van der Waals surface area (Å²) in [5.74, 6) is 0.886. The van der Waals surface area contributed by atoms with Crippen molar-refractivity contribution < 1.29 is 19.4 Å². The van der Waals surface area contributed by atoms with Gasteiger partial charge in [0.2, 0.25) is 0 Å². The average molecular weight is 307 g/mol. The molecule has 1 fully saturated rings. The van der Waals surface area contributed by atoms with Crippen molar-refractivity contribution in [1.29, 1.82) is 0 Å². The van der Waals surface area contributed by atoms with Crippen LogP contribution in [0.1, 0.15) is 32.3 Å². The molecule has 1 amide bonds. The lowest BCUT2D eigenvalue weighted by atomic mass is 9.89. The second-order valence-corrected chi connectivity index (χ2v) is 6.71. The lowest BCUT2D eigenvalue weighted by Crippen LogP contribution is -2.35. The number of methoxy groups -OCH3 is 1. The molecule has 1 aromatic rings. The molecule has 1 saturated heterocycles. The molecule has 0 unspecified atom stereocenters. The summed E-state index contributed by atoms with van der Waals surface area (Å²) in [5.41, 5.74) is 0.560. The molecule has 0 bridgehead atoms. The summed E-state index contributed by atoms with van der Waals surface area (Å²) in [6.07, 6.45) is -0.323. The van der Waals surface area contributed by atoms with Gasteiger partial charge in [0.15, 0.2) is 0 Å². The molecule has 5 heteroatoms. The summed E-state index contributed by atoms with van der Waals surface area (Å²) >= 11 is 0. The highest BCUT2D eigenvalue weighted by molar-refractivity contribution is 5.68. The van der Waals surface area contributed by atoms with E-state index in [9.17, 15) is 9.90 Å². The Labute approximate surface area is 131 Å². The van der Waals surface area contributed by atoms with Crippen molar-refractivity contribution in [2.75, 3.05) is 26.8 Å². The van der Waals surface area contributed by atoms with E-state index in [1.54, 1.807) is 12.0 Å². The van der Waals surface area contributed by atoms with E-state index in [0.717, 1.165) is 11.3 Å². The van der Waals surface area contributed by atoms with Gasteiger partial charge in [0.25, 0.3) is 0 Å². The van der Waals surface area contributed by atoms with Gasteiger partial charge in [-0.3, -0.25) is 0 Å². The van der Waals surface area contributed by atoms with Crippen molar-refractivity contribution in [2.45, 2.75) is 32.3 Å². The van der Waals surface area contributed by atoms with E-state index in [2.05, 4.69) is 0 Å². The van der Waals surface area contributed by atoms with E-state index in [0.29, 0.717) is 13.1 Å². The van der Waals surface area contributed by atoms with Crippen LogP contribution in [-0.2, 0) is 4.74 Å². The molecule has 0 aliphatic carbocycles. The minimum atomic E-state index is -0.514. The van der Waals surface area contributed by atoms with Gasteiger partial charge in [0.05, 0.1) is 7.11 Å². The van der Waals surface area contributed by atoms with Gasteiger partial charge in [-0.25, -0.2) is 4.79 Å². The number of likely N-dealkylation sites (tertiary alicyclic amines) is 1. The minimum absolute atomic E-state index is 0.0135. The molecule has 0 spiro atoms. The van der Waals surface area contributed by atoms with E-state index < -0.39 is 5.60 Å². The van der Waals surface area contributed by atoms with Crippen LogP contribution in [-0.4, -0.2) is 48.5 Å². The molecule has 2 rings (SSSR count). The fourth-order valence-electron chi connectivity index (χ4n) is 2.78. The normalized spacial score (nSPS) is 21.8. The number of carbonyl (C=O) groups excluding carboxylic acids is 1. The number of hydrogen-bond acceptors (Lipinski definition) is 4. The van der Waals surface area contributed by atoms with Crippen LogP contribution in [0.2, 0.25) is 0 Å². The standard InChI is InChI=1S/C17H25NO4/c1-17(2,3)22-16(20)18-9-13(11-19)15(10-18)12-6-5-7-14(8-12)21-4/h5-8,13,15,19H,9-11H2,1-4H3/t13-,15-/m0/s1. The van der Waals surface area contributed by atoms with Crippen LogP contribution >= 0.6 is 0 Å². The van der Waals surface area contributed by atoms with Crippen LogP contribution in [0.5, 0.6) is 5.75 Å². The quantitative estimate of drug-likeness (QED) is 0.932. The van der Waals surface area contributed by atoms with E-state index in [4.69, 9.17) is 9.47 Å². The summed E-state index contributed by atoms with van der Waals surface area (Å²) in [6, 6.07) is 7.79. The number of ether oxygens (including phenoxy) is 2. The molecule has 0 radical (unpaired) electrons. The first-order valence-corrected chi connectivity index (χ1v) is 7.57. The molecular weight excluding hydrogens is 282 g/mol. The van der Waals surface area contributed by atoms with Gasteiger partial charge in [0.1, 0.15) is 11.4 Å². The maximum absolute atomic E-state index is 12.2. The summed E-state index contributed by atoms with van der Waals surface area (Å²) in [4.78, 5) is 13.9. The molecule has 2 atom stereocenters. The Balaban J connectivity index is 2.14. The molecule has 22 heavy (non-hydrogen) atoms. The Kier molecular flexibility index (Phi) is 4.96. The molecule has 1 aromatic carbocycles. The molecule has 1 aliphatic rings. The number of carbonyl (C=O) groups is 1. The number of rotatable bonds is 3. The van der Waals surface area contributed by atoms with Crippen LogP contribution in [0.15, 0.2) is 24.3 Å². The van der Waals surface area contributed by atoms with E-state index in [1.807, 2.05) is 45.0 Å². The number of hydrogen-bond donors (Lipinski definition) is 1. The van der Waals surface area contributed by atoms with Crippen molar-refractivity contribution in [3.05, 3.63) is 29.8 Å². The van der Waals surface area contributed by atoms with Gasteiger partial charge in [0, 0.05) is 31.5 Å². The highest BCUT2D eigenvalue weighted by Crippen LogP contribution is 2.34. The molecule has 1 aliphatic heterocycles. The number of aliphatic hydroxyl groups excluding tert-OH is 1. The van der Waals surface area contributed by atoms with Crippen LogP contribution < -0.4 is 4.74 Å². The lowest BCUT2D eigenvalue weighted by molar-refractivity contribution is 0.0283. The Morgan fingerprint density at radius 2 is 2.09 bits per heavy atom. The Morgan fingerprint density at radius 1 is 1.36 bits per heavy atom. The fraction of sp³-hybridized carbons (Fsp3) is 0.588. The molecule has 1 heterocycles. The smallest absolute Gasteiger partial charge is 0.410 e. The maximum atomic E-state index is 12.2. The Hall–Kier alpha value is -1.75. The summed E-state index contributed by atoms with van der Waals surface area (Å²) in [5, 5.41) is 9.65. The molecule has 1 N–H and O–H groups in total. The zero-order valence-electron chi connectivity index (χ0n) is 13.7. The number of amides is 1. The second-order valence-electron chi connectivity index (χ2n) is 6.71. The number of benzene rings is 1. The highest BCUT2D eigenvalue weighted by Gasteiger charge is 2.37. The third kappa shape index (κ3) is 3.91. The van der Waals surface area contributed by atoms with Crippen molar-refractivity contribution in [3.8, 4) is 5.75 Å². The van der Waals surface area contributed by atoms with Crippen molar-refractivity contribution >= 4 is 6.09 Å². The fourth-order valence-corrected chi connectivity index (χ4v) is 2.78. The first-order chi connectivity index (χ1) is 10.3. The average Bonchev–Trinajstić information content (AvgIpc) is 2.90. The summed E-state index contributed by atoms with van der Waals surface area (Å²) < 4.78 is 10.7. The first kappa shape index (κ1) is 16.6. The van der Waals surface area contributed by atoms with Gasteiger partial charge in [-0.2, -0.15) is 0 Å². The molecule has 5 nitrogen and oxygen atoms in total. The monoisotopic (exact) mass is 307 g/mol. The molecule has 122 valence electrons. The van der Waals surface area contributed by atoms with Crippen LogP contribution in [0.4, 0.5) is 4.79 Å². The van der Waals surface area contributed by atoms with Crippen LogP contribution in [0.25, 0.3) is 0 Å². The first-order valence-electron chi connectivity index (χ1n) is 7.57. The lowest BCUT2D eigenvalue weighted by Gasteiger charge is -2.24. The highest BCUT2D eigenvalue weighted by atomic mass is 16.6. The van der Waals surface area contributed by atoms with Gasteiger partial charge in [-0.15, -0.1) is 0 Å². The van der Waals surface area contributed by atoms with Crippen molar-refractivity contribution in [3.63, 3.8) is 0 Å². The van der Waals surface area contributed by atoms with E-state index in [-0.39, 0.29) is 24.5 Å². The summed E-state index contributed by atoms with van der Waals surface area (Å²) in [6.45, 7) is 6.65. The summed E-state index contributed by atoms with van der Waals surface area (Å²) in [7, 11) is 1.63. The van der Waals surface area contributed by atoms with Crippen molar-refractivity contribution in [2.24, 2.45) is 5.92 Å². The molecule has 0 aromatic heterocycles. The minimum Gasteiger partial charge on any atom is -0.497 e. The predicted molar refractivity (Wildman–Crippen MR) is 84.1 cm³/mol.